The van der Waals surface area contributed by atoms with Gasteiger partial charge < -0.3 is 5.32 Å². The van der Waals surface area contributed by atoms with Gasteiger partial charge in [0.25, 0.3) is 5.91 Å². The van der Waals surface area contributed by atoms with Gasteiger partial charge in [0.05, 0.1) is 0 Å². The normalized spacial score (nSPS) is 10.5. The first-order valence-electron chi connectivity index (χ1n) is 6.57. The van der Waals surface area contributed by atoms with Gasteiger partial charge in [-0.2, -0.15) is 0 Å². The molecule has 0 aliphatic rings. The van der Waals surface area contributed by atoms with Crippen LogP contribution in [0.3, 0.4) is 0 Å². The number of aromatic nitrogens is 2. The van der Waals surface area contributed by atoms with Crippen LogP contribution in [-0.4, -0.2) is 15.9 Å². The van der Waals surface area contributed by atoms with Crippen molar-refractivity contribution < 1.29 is 4.79 Å². The van der Waals surface area contributed by atoms with Crippen molar-refractivity contribution in [2.24, 2.45) is 0 Å². The number of aryl methyl sites for hydroxylation is 1. The quantitative estimate of drug-likeness (QED) is 0.733. The van der Waals surface area contributed by atoms with Crippen molar-refractivity contribution in [2.75, 3.05) is 5.32 Å². The maximum atomic E-state index is 12.2. The monoisotopic (exact) mass is 373 g/mol. The molecule has 1 aromatic carbocycles. The van der Waals surface area contributed by atoms with E-state index in [4.69, 9.17) is 0 Å². The number of thiazole rings is 1. The Morgan fingerprint density at radius 3 is 2.55 bits per heavy atom. The summed E-state index contributed by atoms with van der Waals surface area (Å²) in [5, 5.41) is 5.73. The van der Waals surface area contributed by atoms with Gasteiger partial charge in [-0.1, -0.05) is 12.1 Å². The minimum Gasteiger partial charge on any atom is -0.307 e. The number of carbonyl (C=O) groups excluding carboxylic acids is 1. The summed E-state index contributed by atoms with van der Waals surface area (Å²) in [6, 6.07) is 11.0. The third-order valence-corrected chi connectivity index (χ3v) is 4.46. The van der Waals surface area contributed by atoms with E-state index in [2.05, 4.69) is 31.2 Å². The van der Waals surface area contributed by atoms with E-state index in [9.17, 15) is 4.79 Å². The molecule has 0 spiro atoms. The molecule has 6 heteroatoms. The topological polar surface area (TPSA) is 54.9 Å². The van der Waals surface area contributed by atoms with Gasteiger partial charge >= 0.3 is 0 Å². The van der Waals surface area contributed by atoms with Crippen LogP contribution >= 0.6 is 27.3 Å². The second kappa shape index (κ2) is 6.37. The van der Waals surface area contributed by atoms with Gasteiger partial charge in [-0.3, -0.25) is 4.79 Å². The molecule has 0 radical (unpaired) electrons. The minimum atomic E-state index is -0.184. The summed E-state index contributed by atoms with van der Waals surface area (Å²) in [5.74, 6) is 0.338. The molecule has 110 valence electrons. The number of hydrogen-bond acceptors (Lipinski definition) is 4. The molecule has 1 amide bonds. The van der Waals surface area contributed by atoms with Crippen molar-refractivity contribution in [3.8, 4) is 10.6 Å². The van der Waals surface area contributed by atoms with Crippen LogP contribution < -0.4 is 5.32 Å². The summed E-state index contributed by atoms with van der Waals surface area (Å²) in [4.78, 5) is 20.7. The number of halogens is 1. The third-order valence-electron chi connectivity index (χ3n) is 2.98. The molecule has 0 saturated heterocycles. The number of carbonyl (C=O) groups is 1. The lowest BCUT2D eigenvalue weighted by Crippen LogP contribution is -2.12. The summed E-state index contributed by atoms with van der Waals surface area (Å²) in [5.41, 5.74) is 2.60. The van der Waals surface area contributed by atoms with Crippen molar-refractivity contribution in [3.63, 3.8) is 0 Å². The highest BCUT2D eigenvalue weighted by Crippen LogP contribution is 2.23. The van der Waals surface area contributed by atoms with Gasteiger partial charge in [-0.05, 0) is 47.1 Å². The predicted molar refractivity (Wildman–Crippen MR) is 92.2 cm³/mol. The number of nitrogens with zero attached hydrogens (tertiary/aromatic N) is 2. The van der Waals surface area contributed by atoms with E-state index in [1.807, 2.05) is 30.5 Å². The zero-order valence-electron chi connectivity index (χ0n) is 11.7. The van der Waals surface area contributed by atoms with Crippen molar-refractivity contribution in [1.29, 1.82) is 0 Å². The Bertz CT molecular complexity index is 797. The maximum Gasteiger partial charge on any atom is 0.256 e. The van der Waals surface area contributed by atoms with E-state index < -0.39 is 0 Å². The average Bonchev–Trinajstić information content (AvgIpc) is 2.96. The molecular formula is C16H12BrN3OS. The Hall–Kier alpha value is -2.05. The van der Waals surface area contributed by atoms with E-state index in [-0.39, 0.29) is 5.91 Å². The first-order chi connectivity index (χ1) is 10.6. The maximum absolute atomic E-state index is 12.2. The van der Waals surface area contributed by atoms with Crippen molar-refractivity contribution in [1.82, 2.24) is 9.97 Å². The summed E-state index contributed by atoms with van der Waals surface area (Å²) < 4.78 is 0.869. The molecule has 3 rings (SSSR count). The Morgan fingerprint density at radius 2 is 1.95 bits per heavy atom. The van der Waals surface area contributed by atoms with Gasteiger partial charge in [0.1, 0.15) is 10.8 Å². The molecule has 4 nitrogen and oxygen atoms in total. The molecule has 0 fully saturated rings. The molecular weight excluding hydrogens is 362 g/mol. The molecule has 3 aromatic rings. The molecule has 0 aliphatic heterocycles. The fourth-order valence-electron chi connectivity index (χ4n) is 1.89. The van der Waals surface area contributed by atoms with Crippen LogP contribution in [0.25, 0.3) is 10.6 Å². The van der Waals surface area contributed by atoms with Crippen LogP contribution in [0.15, 0.2) is 52.4 Å². The summed E-state index contributed by atoms with van der Waals surface area (Å²) in [6.07, 6.45) is 1.64. The van der Waals surface area contributed by atoms with Crippen LogP contribution in [0.2, 0.25) is 0 Å². The highest BCUT2D eigenvalue weighted by atomic mass is 79.9. The summed E-state index contributed by atoms with van der Waals surface area (Å²) in [6.45, 7) is 1.97. The van der Waals surface area contributed by atoms with Gasteiger partial charge in [-0.25, -0.2) is 9.97 Å². The Kier molecular flexibility index (Phi) is 4.31. The molecule has 0 bridgehead atoms. The average molecular weight is 374 g/mol. The highest BCUT2D eigenvalue weighted by molar-refractivity contribution is 9.10. The highest BCUT2D eigenvalue weighted by Gasteiger charge is 2.08. The van der Waals surface area contributed by atoms with E-state index in [0.717, 1.165) is 20.7 Å². The third kappa shape index (κ3) is 3.40. The number of amides is 1. The first kappa shape index (κ1) is 14.9. The zero-order chi connectivity index (χ0) is 15.5. The lowest BCUT2D eigenvalue weighted by atomic mass is 10.1. The molecule has 0 aliphatic carbocycles. The number of anilines is 1. The standard InChI is InChI=1S/C16H12BrN3OS/c1-10-9-22-16(19-10)12-4-2-11(3-5-12)15(21)20-14-7-6-13(17)8-18-14/h2-9H,1H3,(H,18,20,21). The molecule has 1 N–H and O–H groups in total. The SMILES string of the molecule is Cc1csc(-c2ccc(C(=O)Nc3ccc(Br)cn3)cc2)n1. The van der Waals surface area contributed by atoms with E-state index in [0.29, 0.717) is 11.4 Å². The molecule has 22 heavy (non-hydrogen) atoms. The first-order valence-corrected chi connectivity index (χ1v) is 8.24. The van der Waals surface area contributed by atoms with Gasteiger partial charge in [0.15, 0.2) is 0 Å². The van der Waals surface area contributed by atoms with Gasteiger partial charge in [-0.15, -0.1) is 11.3 Å². The molecule has 0 unspecified atom stereocenters. The largest absolute Gasteiger partial charge is 0.307 e. The Morgan fingerprint density at radius 1 is 1.18 bits per heavy atom. The number of hydrogen-bond donors (Lipinski definition) is 1. The minimum absolute atomic E-state index is 0.184. The lowest BCUT2D eigenvalue weighted by molar-refractivity contribution is 0.102. The molecule has 0 atom stereocenters. The summed E-state index contributed by atoms with van der Waals surface area (Å²) >= 11 is 4.90. The number of nitrogens with one attached hydrogen (secondary N) is 1. The number of rotatable bonds is 3. The van der Waals surface area contributed by atoms with Crippen LogP contribution in [0.1, 0.15) is 16.1 Å². The molecule has 2 heterocycles. The Labute approximate surface area is 140 Å². The van der Waals surface area contributed by atoms with Gasteiger partial charge in [0, 0.05) is 32.9 Å². The zero-order valence-corrected chi connectivity index (χ0v) is 14.1. The van der Waals surface area contributed by atoms with E-state index in [1.54, 1.807) is 35.7 Å². The second-order valence-corrected chi connectivity index (χ2v) is 6.46. The van der Waals surface area contributed by atoms with Crippen LogP contribution in [0.5, 0.6) is 0 Å². The van der Waals surface area contributed by atoms with Crippen LogP contribution in [0, 0.1) is 6.92 Å². The fraction of sp³-hybridized carbons (Fsp3) is 0.0625. The number of benzene rings is 1. The van der Waals surface area contributed by atoms with Gasteiger partial charge in [0.2, 0.25) is 0 Å². The van der Waals surface area contributed by atoms with E-state index in [1.165, 1.54) is 0 Å². The lowest BCUT2D eigenvalue weighted by Gasteiger charge is -2.05. The van der Waals surface area contributed by atoms with Crippen molar-refractivity contribution in [2.45, 2.75) is 6.92 Å². The second-order valence-electron chi connectivity index (χ2n) is 4.69. The summed E-state index contributed by atoms with van der Waals surface area (Å²) in [7, 11) is 0. The number of pyridine rings is 1. The van der Waals surface area contributed by atoms with Crippen molar-refractivity contribution in [3.05, 3.63) is 63.7 Å². The Balaban J connectivity index is 1.74. The molecule has 0 saturated carbocycles. The van der Waals surface area contributed by atoms with Crippen molar-refractivity contribution >= 4 is 39.0 Å². The fourth-order valence-corrected chi connectivity index (χ4v) is 2.93. The predicted octanol–water partition coefficient (Wildman–Crippen LogP) is 4.53. The molecule has 2 aromatic heterocycles. The van der Waals surface area contributed by atoms with Crippen LogP contribution in [0.4, 0.5) is 5.82 Å². The smallest absolute Gasteiger partial charge is 0.256 e. The van der Waals surface area contributed by atoms with E-state index >= 15 is 0 Å². The van der Waals surface area contributed by atoms with Crippen LogP contribution in [-0.2, 0) is 0 Å².